The Morgan fingerprint density at radius 1 is 1.17 bits per heavy atom. The number of nitrogens with zero attached hydrogens (tertiary/aromatic N) is 4. The van der Waals surface area contributed by atoms with E-state index >= 15 is 0 Å². The van der Waals surface area contributed by atoms with Crippen LogP contribution in [-0.4, -0.2) is 59.1 Å². The van der Waals surface area contributed by atoms with Gasteiger partial charge >= 0.3 is 11.3 Å². The fourth-order valence-corrected chi connectivity index (χ4v) is 4.74. The summed E-state index contributed by atoms with van der Waals surface area (Å²) in [6, 6.07) is 14.5. The van der Waals surface area contributed by atoms with E-state index in [1.165, 1.54) is 21.7 Å². The second-order valence-corrected chi connectivity index (χ2v) is 8.88. The zero-order valence-electron chi connectivity index (χ0n) is 19.7. The third-order valence-electron chi connectivity index (χ3n) is 5.60. The summed E-state index contributed by atoms with van der Waals surface area (Å²) in [5.74, 6) is 1.18. The molecule has 0 aromatic heterocycles. The molecule has 0 bridgehead atoms. The normalized spacial score (nSPS) is 18.2. The molecule has 2 aliphatic heterocycles. The van der Waals surface area contributed by atoms with E-state index < -0.39 is 6.17 Å². The number of hydrogen-bond donors (Lipinski definition) is 1. The van der Waals surface area contributed by atoms with Gasteiger partial charge in [-0.1, -0.05) is 49.0 Å². The summed E-state index contributed by atoms with van der Waals surface area (Å²) in [5.41, 5.74) is 2.26. The van der Waals surface area contributed by atoms with Gasteiger partial charge in [0.15, 0.2) is 17.7 Å². The fourth-order valence-electron chi connectivity index (χ4n) is 3.78. The average Bonchev–Trinajstić information content (AvgIpc) is 2.92. The monoisotopic (exact) mass is 493 g/mol. The highest BCUT2D eigenvalue weighted by Crippen LogP contribution is 2.35. The van der Waals surface area contributed by atoms with Crippen molar-refractivity contribution < 1.29 is 19.1 Å². The van der Waals surface area contributed by atoms with E-state index in [0.717, 1.165) is 16.8 Å². The van der Waals surface area contributed by atoms with Crippen molar-refractivity contribution in [1.29, 1.82) is 0 Å². The summed E-state index contributed by atoms with van der Waals surface area (Å²) in [6.45, 7) is 2.35. The van der Waals surface area contributed by atoms with Crippen molar-refractivity contribution in [2.45, 2.75) is 24.8 Å². The van der Waals surface area contributed by atoms with Crippen LogP contribution in [0, 0.1) is 0 Å². The van der Waals surface area contributed by atoms with Crippen molar-refractivity contribution in [3.05, 3.63) is 72.1 Å². The highest BCUT2D eigenvalue weighted by atomic mass is 32.2. The molecule has 2 heterocycles. The molecule has 9 nitrogen and oxygen atoms in total. The van der Waals surface area contributed by atoms with Crippen molar-refractivity contribution in [3.8, 4) is 11.5 Å². The topological polar surface area (TPSA) is 95.8 Å². The summed E-state index contributed by atoms with van der Waals surface area (Å²) < 4.78 is 10.8. The Balaban J connectivity index is 1.74. The highest BCUT2D eigenvalue weighted by molar-refractivity contribution is 8.14. The molecule has 0 saturated carbocycles. The first-order valence-corrected chi connectivity index (χ1v) is 12.0. The molecular weight excluding hydrogens is 466 g/mol. The molecule has 0 saturated heterocycles. The number of aliphatic imine (C=N–C) groups is 1. The Labute approximate surface area is 208 Å². The van der Waals surface area contributed by atoms with Crippen LogP contribution in [-0.2, 0) is 0 Å². The van der Waals surface area contributed by atoms with Gasteiger partial charge in [0, 0.05) is 24.2 Å². The van der Waals surface area contributed by atoms with E-state index in [0.29, 0.717) is 24.5 Å². The minimum absolute atomic E-state index is 0.148. The van der Waals surface area contributed by atoms with E-state index in [2.05, 4.69) is 10.3 Å². The lowest BCUT2D eigenvalue weighted by Gasteiger charge is -2.35. The van der Waals surface area contributed by atoms with Gasteiger partial charge in [0.05, 0.1) is 31.7 Å². The second kappa shape index (κ2) is 11.1. The molecule has 0 aliphatic carbocycles. The number of hydrogen-bond acceptors (Lipinski definition) is 7. The number of benzene rings is 2. The van der Waals surface area contributed by atoms with Gasteiger partial charge in [0.25, 0.3) is 0 Å². The third-order valence-corrected chi connectivity index (χ3v) is 6.83. The van der Waals surface area contributed by atoms with E-state index in [1.54, 1.807) is 32.8 Å². The number of amides is 3. The quantitative estimate of drug-likeness (QED) is 0.607. The van der Waals surface area contributed by atoms with E-state index in [4.69, 9.17) is 14.6 Å². The summed E-state index contributed by atoms with van der Waals surface area (Å²) in [7, 11) is 3.16. The molecule has 0 fully saturated rings. The van der Waals surface area contributed by atoms with Crippen LogP contribution in [0.1, 0.15) is 30.6 Å². The van der Waals surface area contributed by atoms with E-state index in [1.807, 2.05) is 55.5 Å². The maximum Gasteiger partial charge on any atom is 0.323 e. The molecule has 2 unspecified atom stereocenters. The summed E-state index contributed by atoms with van der Waals surface area (Å²) in [4.78, 5) is 31.8. The SMILES string of the molecule is CCC1SC(=O)N(C(NC(=O)N2C=CN=CC2)c2ccccc2)N=C1c1ccc(OC)c(OC)c1. The highest BCUT2D eigenvalue weighted by Gasteiger charge is 2.36. The molecule has 2 aromatic rings. The van der Waals surface area contributed by atoms with Gasteiger partial charge in [-0.05, 0) is 30.2 Å². The fraction of sp³-hybridized carbons (Fsp3) is 0.280. The van der Waals surface area contributed by atoms with Crippen LogP contribution in [0.5, 0.6) is 11.5 Å². The van der Waals surface area contributed by atoms with Gasteiger partial charge in [-0.25, -0.2) is 4.79 Å². The molecule has 2 aliphatic rings. The van der Waals surface area contributed by atoms with Gasteiger partial charge in [-0.3, -0.25) is 14.7 Å². The molecule has 182 valence electrons. The third kappa shape index (κ3) is 5.32. The Hall–Kier alpha value is -3.79. The standard InChI is InChI=1S/C25H27N5O4S/c1-4-21-22(18-10-11-19(33-2)20(16-18)34-3)28-30(25(32)35-21)23(17-8-6-5-7-9-17)27-24(31)29-14-12-26-13-15-29/h5-14,16,21,23H,4,15H2,1-3H3,(H,27,31). The van der Waals surface area contributed by atoms with Crippen LogP contribution in [0.2, 0.25) is 0 Å². The van der Waals surface area contributed by atoms with Crippen molar-refractivity contribution in [2.24, 2.45) is 10.1 Å². The van der Waals surface area contributed by atoms with Crippen molar-refractivity contribution in [2.75, 3.05) is 20.8 Å². The van der Waals surface area contributed by atoms with Crippen LogP contribution < -0.4 is 14.8 Å². The first kappa shape index (κ1) is 24.3. The number of urea groups is 1. The molecule has 4 rings (SSSR count). The minimum Gasteiger partial charge on any atom is -0.493 e. The molecule has 2 aromatic carbocycles. The Bertz CT molecular complexity index is 1170. The van der Waals surface area contributed by atoms with Crippen molar-refractivity contribution in [3.63, 3.8) is 0 Å². The van der Waals surface area contributed by atoms with Crippen LogP contribution in [0.15, 0.2) is 71.0 Å². The number of carbonyl (C=O) groups excluding carboxylic acids is 2. The maximum atomic E-state index is 13.3. The maximum absolute atomic E-state index is 13.3. The first-order chi connectivity index (χ1) is 17.0. The van der Waals surface area contributed by atoms with Crippen LogP contribution >= 0.6 is 11.8 Å². The molecule has 3 amide bonds. The lowest BCUT2D eigenvalue weighted by Crippen LogP contribution is -2.48. The van der Waals surface area contributed by atoms with Crippen LogP contribution in [0.4, 0.5) is 9.59 Å². The number of nitrogens with one attached hydrogen (secondary N) is 1. The number of carbonyl (C=O) groups is 2. The first-order valence-electron chi connectivity index (χ1n) is 11.2. The Morgan fingerprint density at radius 3 is 2.60 bits per heavy atom. The van der Waals surface area contributed by atoms with Crippen LogP contribution in [0.3, 0.4) is 0 Å². The smallest absolute Gasteiger partial charge is 0.323 e. The van der Waals surface area contributed by atoms with Crippen LogP contribution in [0.25, 0.3) is 0 Å². The summed E-state index contributed by atoms with van der Waals surface area (Å²) in [5, 5.41) is 8.71. The van der Waals surface area contributed by atoms with Gasteiger partial charge in [0.2, 0.25) is 0 Å². The van der Waals surface area contributed by atoms with Crippen molar-refractivity contribution in [1.82, 2.24) is 15.2 Å². The van der Waals surface area contributed by atoms with Crippen molar-refractivity contribution >= 4 is 35.0 Å². The minimum atomic E-state index is -0.802. The lowest BCUT2D eigenvalue weighted by atomic mass is 10.0. The van der Waals surface area contributed by atoms with E-state index in [-0.39, 0.29) is 16.5 Å². The van der Waals surface area contributed by atoms with Gasteiger partial charge in [0.1, 0.15) is 0 Å². The predicted octanol–water partition coefficient (Wildman–Crippen LogP) is 4.62. The van der Waals surface area contributed by atoms with E-state index in [9.17, 15) is 9.59 Å². The van der Waals surface area contributed by atoms with Gasteiger partial charge in [-0.15, -0.1) is 0 Å². The molecule has 1 N–H and O–H groups in total. The largest absolute Gasteiger partial charge is 0.493 e. The Morgan fingerprint density at radius 2 is 1.94 bits per heavy atom. The van der Waals surface area contributed by atoms with Gasteiger partial charge in [-0.2, -0.15) is 10.1 Å². The zero-order valence-corrected chi connectivity index (χ0v) is 20.6. The number of methoxy groups -OCH3 is 2. The molecule has 2 atom stereocenters. The number of ether oxygens (including phenoxy) is 2. The number of hydrazone groups is 1. The Kier molecular flexibility index (Phi) is 7.71. The predicted molar refractivity (Wildman–Crippen MR) is 137 cm³/mol. The van der Waals surface area contributed by atoms with Gasteiger partial charge < -0.3 is 14.8 Å². The average molecular weight is 494 g/mol. The molecule has 0 radical (unpaired) electrons. The molecule has 35 heavy (non-hydrogen) atoms. The number of rotatable bonds is 7. The summed E-state index contributed by atoms with van der Waals surface area (Å²) >= 11 is 1.19. The molecule has 0 spiro atoms. The molecular formula is C25H27N5O4S. The summed E-state index contributed by atoms with van der Waals surface area (Å²) in [6.07, 6.45) is 4.68. The second-order valence-electron chi connectivity index (χ2n) is 7.73. The number of thioether (sulfide) groups is 1. The zero-order chi connectivity index (χ0) is 24.8. The molecule has 10 heteroatoms. The lowest BCUT2D eigenvalue weighted by molar-refractivity contribution is 0.174.